The average Bonchev–Trinajstić information content (AvgIpc) is 2.25. The van der Waals surface area contributed by atoms with Crippen molar-refractivity contribution in [2.75, 3.05) is 18.5 Å². The maximum atomic E-state index is 8.89. The van der Waals surface area contributed by atoms with Gasteiger partial charge in [-0.05, 0) is 24.6 Å². The van der Waals surface area contributed by atoms with Gasteiger partial charge in [-0.25, -0.2) is 0 Å². The molecule has 0 bridgehead atoms. The molecular formula is C12H15BrN2. The molecule has 0 aromatic heterocycles. The molecular weight excluding hydrogens is 252 g/mol. The molecule has 0 spiro atoms. The monoisotopic (exact) mass is 266 g/mol. The minimum Gasteiger partial charge on any atom is -0.373 e. The van der Waals surface area contributed by atoms with Crippen molar-refractivity contribution in [2.45, 2.75) is 13.3 Å². The molecule has 1 atom stereocenters. The highest BCUT2D eigenvalue weighted by Crippen LogP contribution is 2.19. The Kier molecular flexibility index (Phi) is 4.64. The molecule has 0 saturated carbocycles. The first-order valence-corrected chi connectivity index (χ1v) is 5.83. The summed E-state index contributed by atoms with van der Waals surface area (Å²) in [4.78, 5) is 2.11. The summed E-state index contributed by atoms with van der Waals surface area (Å²) >= 11 is 3.44. The first-order valence-electron chi connectivity index (χ1n) is 5.03. The molecule has 1 unspecified atom stereocenters. The van der Waals surface area contributed by atoms with Crippen molar-refractivity contribution >= 4 is 21.6 Å². The van der Waals surface area contributed by atoms with Crippen LogP contribution in [0.2, 0.25) is 0 Å². The summed E-state index contributed by atoms with van der Waals surface area (Å²) < 4.78 is 1.07. The SMILES string of the molecule is CCC(C#N)CN(C)c1cccc(Br)c1. The predicted octanol–water partition coefficient (Wildman–Crippen LogP) is 3.44. The van der Waals surface area contributed by atoms with Crippen molar-refractivity contribution in [3.8, 4) is 6.07 Å². The lowest BCUT2D eigenvalue weighted by Crippen LogP contribution is -2.24. The van der Waals surface area contributed by atoms with Gasteiger partial charge in [0.25, 0.3) is 0 Å². The van der Waals surface area contributed by atoms with E-state index in [-0.39, 0.29) is 5.92 Å². The lowest BCUT2D eigenvalue weighted by molar-refractivity contribution is 0.631. The first-order chi connectivity index (χ1) is 7.17. The van der Waals surface area contributed by atoms with Crippen molar-refractivity contribution < 1.29 is 0 Å². The van der Waals surface area contributed by atoms with Crippen molar-refractivity contribution in [3.05, 3.63) is 28.7 Å². The van der Waals surface area contributed by atoms with E-state index in [0.29, 0.717) is 0 Å². The molecule has 3 heteroatoms. The maximum Gasteiger partial charge on any atom is 0.0674 e. The van der Waals surface area contributed by atoms with Gasteiger partial charge in [-0.2, -0.15) is 5.26 Å². The van der Waals surface area contributed by atoms with Crippen LogP contribution in [0.4, 0.5) is 5.69 Å². The molecule has 1 aromatic carbocycles. The van der Waals surface area contributed by atoms with E-state index in [2.05, 4.69) is 39.0 Å². The lowest BCUT2D eigenvalue weighted by atomic mass is 10.1. The minimum absolute atomic E-state index is 0.106. The van der Waals surface area contributed by atoms with Gasteiger partial charge in [0.1, 0.15) is 0 Å². The highest BCUT2D eigenvalue weighted by Gasteiger charge is 2.09. The summed E-state index contributed by atoms with van der Waals surface area (Å²) in [5.41, 5.74) is 1.14. The van der Waals surface area contributed by atoms with Gasteiger partial charge in [0, 0.05) is 23.8 Å². The summed E-state index contributed by atoms with van der Waals surface area (Å²) in [5.74, 6) is 0.106. The van der Waals surface area contributed by atoms with Gasteiger partial charge in [-0.3, -0.25) is 0 Å². The summed E-state index contributed by atoms with van der Waals surface area (Å²) in [6.45, 7) is 2.83. The molecule has 0 aliphatic heterocycles. The molecule has 0 aliphatic rings. The van der Waals surface area contributed by atoms with E-state index >= 15 is 0 Å². The Labute approximate surface area is 99.6 Å². The Balaban J connectivity index is 2.69. The number of rotatable bonds is 4. The Morgan fingerprint density at radius 1 is 1.53 bits per heavy atom. The molecule has 0 amide bonds. The molecule has 1 rings (SSSR count). The van der Waals surface area contributed by atoms with Gasteiger partial charge in [0.2, 0.25) is 0 Å². The lowest BCUT2D eigenvalue weighted by Gasteiger charge is -2.21. The summed E-state index contributed by atoms with van der Waals surface area (Å²) in [6, 6.07) is 10.4. The fourth-order valence-corrected chi connectivity index (χ4v) is 1.80. The zero-order valence-electron chi connectivity index (χ0n) is 9.07. The van der Waals surface area contributed by atoms with Crippen LogP contribution in [0.5, 0.6) is 0 Å². The van der Waals surface area contributed by atoms with Crippen molar-refractivity contribution in [3.63, 3.8) is 0 Å². The Hall–Kier alpha value is -1.01. The second-order valence-corrected chi connectivity index (χ2v) is 4.51. The number of hydrogen-bond acceptors (Lipinski definition) is 2. The van der Waals surface area contributed by atoms with E-state index in [1.807, 2.05) is 26.1 Å². The molecule has 80 valence electrons. The molecule has 0 radical (unpaired) electrons. The molecule has 0 fully saturated rings. The number of nitriles is 1. The van der Waals surface area contributed by atoms with Gasteiger partial charge in [-0.1, -0.05) is 28.9 Å². The van der Waals surface area contributed by atoms with Gasteiger partial charge >= 0.3 is 0 Å². The van der Waals surface area contributed by atoms with Gasteiger partial charge < -0.3 is 4.90 Å². The van der Waals surface area contributed by atoms with Gasteiger partial charge in [0.15, 0.2) is 0 Å². The zero-order chi connectivity index (χ0) is 11.3. The summed E-state index contributed by atoms with van der Waals surface area (Å²) in [7, 11) is 2.02. The van der Waals surface area contributed by atoms with Crippen LogP contribution in [-0.4, -0.2) is 13.6 Å². The van der Waals surface area contributed by atoms with Crippen LogP contribution in [0.3, 0.4) is 0 Å². The van der Waals surface area contributed by atoms with Crippen molar-refractivity contribution in [2.24, 2.45) is 5.92 Å². The quantitative estimate of drug-likeness (QED) is 0.835. The van der Waals surface area contributed by atoms with Gasteiger partial charge in [0.05, 0.1) is 12.0 Å². The molecule has 15 heavy (non-hydrogen) atoms. The predicted molar refractivity (Wildman–Crippen MR) is 66.8 cm³/mol. The maximum absolute atomic E-state index is 8.89. The van der Waals surface area contributed by atoms with E-state index in [1.165, 1.54) is 0 Å². The third kappa shape index (κ3) is 3.56. The Morgan fingerprint density at radius 2 is 2.27 bits per heavy atom. The fourth-order valence-electron chi connectivity index (χ4n) is 1.41. The van der Waals surface area contributed by atoms with Crippen LogP contribution < -0.4 is 4.90 Å². The highest BCUT2D eigenvalue weighted by molar-refractivity contribution is 9.10. The van der Waals surface area contributed by atoms with Gasteiger partial charge in [-0.15, -0.1) is 0 Å². The number of nitrogens with zero attached hydrogens (tertiary/aromatic N) is 2. The second-order valence-electron chi connectivity index (χ2n) is 3.59. The molecule has 0 aliphatic carbocycles. The van der Waals surface area contributed by atoms with Crippen molar-refractivity contribution in [1.82, 2.24) is 0 Å². The number of halogens is 1. The number of anilines is 1. The van der Waals surface area contributed by atoms with Crippen LogP contribution >= 0.6 is 15.9 Å². The molecule has 1 aromatic rings. The van der Waals surface area contributed by atoms with E-state index in [0.717, 1.165) is 23.1 Å². The first kappa shape index (κ1) is 12.1. The van der Waals surface area contributed by atoms with Crippen molar-refractivity contribution in [1.29, 1.82) is 5.26 Å². The second kappa shape index (κ2) is 5.77. The smallest absolute Gasteiger partial charge is 0.0674 e. The minimum atomic E-state index is 0.106. The standard InChI is InChI=1S/C12H15BrN2/c1-3-10(8-14)9-15(2)12-6-4-5-11(13)7-12/h4-7,10H,3,9H2,1-2H3. The van der Waals surface area contributed by atoms with Crippen LogP contribution in [0.25, 0.3) is 0 Å². The average molecular weight is 267 g/mol. The summed E-state index contributed by atoms with van der Waals surface area (Å²) in [6.07, 6.45) is 0.898. The topological polar surface area (TPSA) is 27.0 Å². The number of hydrogen-bond donors (Lipinski definition) is 0. The molecule has 0 N–H and O–H groups in total. The third-order valence-electron chi connectivity index (χ3n) is 2.42. The van der Waals surface area contributed by atoms with E-state index in [4.69, 9.17) is 5.26 Å². The van der Waals surface area contributed by atoms with Crippen LogP contribution in [0.1, 0.15) is 13.3 Å². The highest BCUT2D eigenvalue weighted by atomic mass is 79.9. The van der Waals surface area contributed by atoms with Crippen LogP contribution in [0.15, 0.2) is 28.7 Å². The van der Waals surface area contributed by atoms with E-state index in [1.54, 1.807) is 0 Å². The largest absolute Gasteiger partial charge is 0.373 e. The fraction of sp³-hybridized carbons (Fsp3) is 0.417. The van der Waals surface area contributed by atoms with Crippen LogP contribution in [-0.2, 0) is 0 Å². The van der Waals surface area contributed by atoms with E-state index < -0.39 is 0 Å². The Morgan fingerprint density at radius 3 is 2.80 bits per heavy atom. The molecule has 0 heterocycles. The normalized spacial score (nSPS) is 11.9. The van der Waals surface area contributed by atoms with Crippen LogP contribution in [0, 0.1) is 17.2 Å². The molecule has 2 nitrogen and oxygen atoms in total. The third-order valence-corrected chi connectivity index (χ3v) is 2.91. The summed E-state index contributed by atoms with van der Waals surface area (Å²) in [5, 5.41) is 8.89. The Bertz CT molecular complexity index is 357. The van der Waals surface area contributed by atoms with E-state index in [9.17, 15) is 0 Å². The zero-order valence-corrected chi connectivity index (χ0v) is 10.7. The number of benzene rings is 1. The molecule has 0 saturated heterocycles.